The molecule has 0 bridgehead atoms. The third-order valence-electron chi connectivity index (χ3n) is 4.93. The maximum Gasteiger partial charge on any atom is 0.221 e. The predicted molar refractivity (Wildman–Crippen MR) is 118 cm³/mol. The van der Waals surface area contributed by atoms with Crippen molar-refractivity contribution in [1.29, 1.82) is 0 Å². The fourth-order valence-corrected chi connectivity index (χ4v) is 4.87. The van der Waals surface area contributed by atoms with E-state index in [-0.39, 0.29) is 23.4 Å². The minimum atomic E-state index is -1.47. The Morgan fingerprint density at radius 3 is 2.62 bits per heavy atom. The van der Waals surface area contributed by atoms with Crippen LogP contribution in [-0.4, -0.2) is 52.1 Å². The summed E-state index contributed by atoms with van der Waals surface area (Å²) in [6, 6.07) is 9.21. The summed E-state index contributed by atoms with van der Waals surface area (Å²) in [6.07, 6.45) is 5.65. The molecule has 1 aromatic heterocycles. The molecule has 0 radical (unpaired) electrons. The van der Waals surface area contributed by atoms with E-state index in [9.17, 15) is 9.00 Å². The number of benzene rings is 1. The van der Waals surface area contributed by atoms with Gasteiger partial charge in [-0.25, -0.2) is 8.51 Å². The number of anilines is 1. The van der Waals surface area contributed by atoms with Gasteiger partial charge in [-0.05, 0) is 37.1 Å². The van der Waals surface area contributed by atoms with Gasteiger partial charge in [-0.1, -0.05) is 29.3 Å². The van der Waals surface area contributed by atoms with Crippen molar-refractivity contribution in [2.75, 3.05) is 31.6 Å². The molecule has 2 aromatic rings. The van der Waals surface area contributed by atoms with E-state index in [0.717, 1.165) is 31.6 Å². The van der Waals surface area contributed by atoms with Crippen molar-refractivity contribution in [2.24, 2.45) is 0 Å². The van der Waals surface area contributed by atoms with Crippen LogP contribution in [0.1, 0.15) is 19.3 Å². The van der Waals surface area contributed by atoms with Gasteiger partial charge in [-0.2, -0.15) is 0 Å². The van der Waals surface area contributed by atoms with Crippen LogP contribution >= 0.6 is 23.2 Å². The number of piperidine rings is 1. The second-order valence-corrected chi connectivity index (χ2v) is 9.28. The third-order valence-corrected chi connectivity index (χ3v) is 7.33. The van der Waals surface area contributed by atoms with Gasteiger partial charge < -0.3 is 10.2 Å². The average molecular weight is 455 g/mol. The lowest BCUT2D eigenvalue weighted by atomic mass is 10.0. The Balaban J connectivity index is 1.43. The summed E-state index contributed by atoms with van der Waals surface area (Å²) in [7, 11) is 0.228. The monoisotopic (exact) mass is 454 g/mol. The molecule has 6 nitrogen and oxygen atoms in total. The first kappa shape index (κ1) is 22.0. The van der Waals surface area contributed by atoms with Crippen molar-refractivity contribution in [2.45, 2.75) is 30.2 Å². The molecule has 1 unspecified atom stereocenters. The molecule has 1 saturated heterocycles. The number of hydrogen-bond donors (Lipinski definition) is 1. The zero-order valence-corrected chi connectivity index (χ0v) is 18.5. The minimum Gasteiger partial charge on any atom is -0.371 e. The van der Waals surface area contributed by atoms with Crippen LogP contribution in [0.15, 0.2) is 47.6 Å². The summed E-state index contributed by atoms with van der Waals surface area (Å²) >= 11 is 12.1. The van der Waals surface area contributed by atoms with E-state index in [4.69, 9.17) is 23.2 Å². The van der Waals surface area contributed by atoms with Gasteiger partial charge in [0.2, 0.25) is 5.91 Å². The number of rotatable bonds is 7. The van der Waals surface area contributed by atoms with Gasteiger partial charge >= 0.3 is 0 Å². The molecule has 1 amide bonds. The topological polar surface area (TPSA) is 65.5 Å². The van der Waals surface area contributed by atoms with Gasteiger partial charge in [0.15, 0.2) is 0 Å². The lowest BCUT2D eigenvalue weighted by Gasteiger charge is -2.34. The molecule has 0 aliphatic carbocycles. The number of carbonyl (C=O) groups excluding carboxylic acids is 1. The molecule has 1 aromatic carbocycles. The molecule has 3 rings (SSSR count). The molecule has 9 heteroatoms. The van der Waals surface area contributed by atoms with Gasteiger partial charge in [0, 0.05) is 57.2 Å². The smallest absolute Gasteiger partial charge is 0.221 e. The van der Waals surface area contributed by atoms with Gasteiger partial charge in [-0.3, -0.25) is 9.78 Å². The Kier molecular flexibility index (Phi) is 7.89. The second-order valence-electron chi connectivity index (χ2n) is 6.94. The molecule has 0 spiro atoms. The van der Waals surface area contributed by atoms with Crippen molar-refractivity contribution in [3.8, 4) is 0 Å². The predicted octanol–water partition coefficient (Wildman–Crippen LogP) is 3.52. The van der Waals surface area contributed by atoms with Gasteiger partial charge in [0.1, 0.15) is 11.0 Å². The van der Waals surface area contributed by atoms with Crippen LogP contribution in [0.3, 0.4) is 0 Å². The molecular weight excluding hydrogens is 431 g/mol. The summed E-state index contributed by atoms with van der Waals surface area (Å²) in [4.78, 5) is 19.1. The van der Waals surface area contributed by atoms with Crippen molar-refractivity contribution < 1.29 is 9.00 Å². The summed E-state index contributed by atoms with van der Waals surface area (Å²) in [5.41, 5.74) is 1.16. The van der Waals surface area contributed by atoms with Crippen LogP contribution in [0.5, 0.6) is 0 Å². The van der Waals surface area contributed by atoms with Gasteiger partial charge in [0.25, 0.3) is 0 Å². The van der Waals surface area contributed by atoms with E-state index in [1.165, 1.54) is 0 Å². The standard InChI is InChI=1S/C20H24Cl2N4O2S/c1-25(29(28)18-4-2-3-17(21)20(18)22)12-9-19(27)24-15-7-13-26(14-8-15)16-5-10-23-11-6-16/h2-6,10-11,15H,7-9,12-14H2,1H3,(H,24,27). The number of halogens is 2. The largest absolute Gasteiger partial charge is 0.371 e. The zero-order valence-electron chi connectivity index (χ0n) is 16.2. The zero-order chi connectivity index (χ0) is 20.8. The van der Waals surface area contributed by atoms with Crippen LogP contribution < -0.4 is 10.2 Å². The summed E-state index contributed by atoms with van der Waals surface area (Å²) in [5.74, 6) is -0.0339. The fourth-order valence-electron chi connectivity index (χ4n) is 3.27. The molecule has 1 aliphatic heterocycles. The van der Waals surface area contributed by atoms with E-state index in [1.807, 2.05) is 12.1 Å². The van der Waals surface area contributed by atoms with Crippen LogP contribution in [0.4, 0.5) is 5.69 Å². The molecule has 2 heterocycles. The number of nitrogens with zero attached hydrogens (tertiary/aromatic N) is 3. The first-order valence-corrected chi connectivity index (χ1v) is 11.3. The first-order chi connectivity index (χ1) is 14.0. The fraction of sp³-hybridized carbons (Fsp3) is 0.400. The first-order valence-electron chi connectivity index (χ1n) is 9.47. The lowest BCUT2D eigenvalue weighted by molar-refractivity contribution is -0.122. The maximum absolute atomic E-state index is 12.6. The van der Waals surface area contributed by atoms with Crippen molar-refractivity contribution >= 4 is 45.8 Å². The van der Waals surface area contributed by atoms with E-state index >= 15 is 0 Å². The SMILES string of the molecule is CN(CCC(=O)NC1CCN(c2ccncc2)CC1)S(=O)c1cccc(Cl)c1Cl. The molecule has 1 aliphatic rings. The van der Waals surface area contributed by atoms with Crippen LogP contribution in [0, 0.1) is 0 Å². The van der Waals surface area contributed by atoms with E-state index in [0.29, 0.717) is 16.5 Å². The molecule has 1 fully saturated rings. The number of nitrogens with one attached hydrogen (secondary N) is 1. The number of carbonyl (C=O) groups is 1. The number of hydrogen-bond acceptors (Lipinski definition) is 4. The number of amides is 1. The van der Waals surface area contributed by atoms with Crippen molar-refractivity contribution in [3.63, 3.8) is 0 Å². The summed E-state index contributed by atoms with van der Waals surface area (Å²) in [5, 5.41) is 3.74. The molecule has 29 heavy (non-hydrogen) atoms. The second kappa shape index (κ2) is 10.4. The van der Waals surface area contributed by atoms with Gasteiger partial charge in [-0.15, -0.1) is 0 Å². The summed E-state index contributed by atoms with van der Waals surface area (Å²) < 4.78 is 14.2. The highest BCUT2D eigenvalue weighted by atomic mass is 35.5. The Morgan fingerprint density at radius 2 is 1.93 bits per heavy atom. The Bertz CT molecular complexity index is 861. The minimum absolute atomic E-state index is 0.0339. The Morgan fingerprint density at radius 1 is 1.24 bits per heavy atom. The van der Waals surface area contributed by atoms with E-state index < -0.39 is 11.0 Å². The van der Waals surface area contributed by atoms with Crippen LogP contribution in [0.2, 0.25) is 10.0 Å². The normalized spacial score (nSPS) is 16.1. The van der Waals surface area contributed by atoms with E-state index in [1.54, 1.807) is 41.9 Å². The highest BCUT2D eigenvalue weighted by Gasteiger charge is 2.22. The molecular formula is C20H24Cl2N4O2S. The number of pyridine rings is 1. The van der Waals surface area contributed by atoms with E-state index in [2.05, 4.69) is 15.2 Å². The quantitative estimate of drug-likeness (QED) is 0.694. The van der Waals surface area contributed by atoms with Crippen LogP contribution in [-0.2, 0) is 15.8 Å². The summed E-state index contributed by atoms with van der Waals surface area (Å²) in [6.45, 7) is 2.15. The van der Waals surface area contributed by atoms with Gasteiger partial charge in [0.05, 0.1) is 14.9 Å². The number of aromatic nitrogens is 1. The molecule has 1 N–H and O–H groups in total. The van der Waals surface area contributed by atoms with Crippen molar-refractivity contribution in [1.82, 2.24) is 14.6 Å². The Hall–Kier alpha value is -1.67. The average Bonchev–Trinajstić information content (AvgIpc) is 2.74. The van der Waals surface area contributed by atoms with Crippen LogP contribution in [0.25, 0.3) is 0 Å². The Labute approximate surface area is 183 Å². The third kappa shape index (κ3) is 5.92. The molecule has 1 atom stereocenters. The maximum atomic E-state index is 12.6. The molecule has 0 saturated carbocycles. The lowest BCUT2D eigenvalue weighted by Crippen LogP contribution is -2.45. The molecule has 156 valence electrons. The highest BCUT2D eigenvalue weighted by molar-refractivity contribution is 7.82. The highest BCUT2D eigenvalue weighted by Crippen LogP contribution is 2.28. The van der Waals surface area contributed by atoms with Crippen molar-refractivity contribution in [3.05, 3.63) is 52.8 Å².